The molecule has 3 aromatic heterocycles. The van der Waals surface area contributed by atoms with Crippen molar-refractivity contribution in [2.45, 2.75) is 20.4 Å². The van der Waals surface area contributed by atoms with Crippen LogP contribution in [0.2, 0.25) is 5.15 Å². The van der Waals surface area contributed by atoms with E-state index < -0.39 is 0 Å². The number of hydrogen-bond acceptors (Lipinski definition) is 5. The summed E-state index contributed by atoms with van der Waals surface area (Å²) in [5, 5.41) is 4.51. The van der Waals surface area contributed by atoms with E-state index in [2.05, 4.69) is 26.9 Å². The molecule has 0 aliphatic heterocycles. The molecular formula is C16H14ClN5O2. The van der Waals surface area contributed by atoms with Gasteiger partial charge in [0.25, 0.3) is 5.56 Å². The summed E-state index contributed by atoms with van der Waals surface area (Å²) < 4.78 is 8.42. The fourth-order valence-electron chi connectivity index (χ4n) is 2.20. The van der Waals surface area contributed by atoms with Gasteiger partial charge in [-0.3, -0.25) is 4.79 Å². The van der Waals surface area contributed by atoms with Crippen LogP contribution in [0.25, 0.3) is 5.78 Å². The molecule has 0 bridgehead atoms. The molecule has 0 unspecified atom stereocenters. The molecule has 0 atom stereocenters. The van der Waals surface area contributed by atoms with Crippen LogP contribution in [0, 0.1) is 18.8 Å². The van der Waals surface area contributed by atoms with E-state index in [9.17, 15) is 4.79 Å². The SMILES string of the molecule is CC#CCOc1nc2n(Cc3ccc(Cl)nc3)c(C)cc(=O)n2n1. The van der Waals surface area contributed by atoms with Gasteiger partial charge in [0.15, 0.2) is 6.61 Å². The van der Waals surface area contributed by atoms with Crippen molar-refractivity contribution in [3.8, 4) is 17.9 Å². The van der Waals surface area contributed by atoms with Crippen LogP contribution in [0.3, 0.4) is 0 Å². The predicted molar refractivity (Wildman–Crippen MR) is 89.3 cm³/mol. The van der Waals surface area contributed by atoms with Gasteiger partial charge in [-0.15, -0.1) is 11.0 Å². The van der Waals surface area contributed by atoms with Gasteiger partial charge >= 0.3 is 6.01 Å². The number of halogens is 1. The first-order chi connectivity index (χ1) is 11.6. The van der Waals surface area contributed by atoms with Crippen LogP contribution in [0.4, 0.5) is 0 Å². The number of aromatic nitrogens is 5. The lowest BCUT2D eigenvalue weighted by Crippen LogP contribution is -2.20. The highest BCUT2D eigenvalue weighted by atomic mass is 35.5. The molecule has 3 aromatic rings. The maximum atomic E-state index is 12.1. The molecule has 0 fully saturated rings. The first kappa shape index (κ1) is 16.0. The molecule has 3 rings (SSSR count). The lowest BCUT2D eigenvalue weighted by Gasteiger charge is -2.11. The number of pyridine rings is 1. The average molecular weight is 344 g/mol. The molecule has 0 aliphatic rings. The molecule has 24 heavy (non-hydrogen) atoms. The van der Waals surface area contributed by atoms with E-state index in [1.54, 1.807) is 19.2 Å². The fraction of sp³-hybridized carbons (Fsp3) is 0.250. The van der Waals surface area contributed by atoms with E-state index >= 15 is 0 Å². The fourth-order valence-corrected chi connectivity index (χ4v) is 2.31. The third kappa shape index (κ3) is 3.24. The van der Waals surface area contributed by atoms with Gasteiger partial charge in [-0.05, 0) is 25.5 Å². The first-order valence-corrected chi connectivity index (χ1v) is 7.56. The van der Waals surface area contributed by atoms with Gasteiger partial charge in [-0.25, -0.2) is 4.98 Å². The zero-order valence-corrected chi connectivity index (χ0v) is 13.9. The van der Waals surface area contributed by atoms with E-state index in [1.165, 1.54) is 10.6 Å². The van der Waals surface area contributed by atoms with E-state index in [4.69, 9.17) is 16.3 Å². The molecular weight excluding hydrogens is 330 g/mol. The zero-order chi connectivity index (χ0) is 17.1. The molecule has 7 nitrogen and oxygen atoms in total. The highest BCUT2D eigenvalue weighted by Crippen LogP contribution is 2.12. The topological polar surface area (TPSA) is 74.3 Å². The van der Waals surface area contributed by atoms with Crippen molar-refractivity contribution in [2.75, 3.05) is 6.61 Å². The Morgan fingerprint density at radius 1 is 1.38 bits per heavy atom. The van der Waals surface area contributed by atoms with Crippen molar-refractivity contribution in [1.29, 1.82) is 0 Å². The number of hydrogen-bond donors (Lipinski definition) is 0. The summed E-state index contributed by atoms with van der Waals surface area (Å²) in [4.78, 5) is 20.5. The third-order valence-corrected chi connectivity index (χ3v) is 3.58. The van der Waals surface area contributed by atoms with Gasteiger partial charge < -0.3 is 9.30 Å². The molecule has 0 saturated heterocycles. The van der Waals surface area contributed by atoms with Crippen LogP contribution < -0.4 is 10.3 Å². The van der Waals surface area contributed by atoms with Crippen LogP contribution in [0.15, 0.2) is 29.2 Å². The smallest absolute Gasteiger partial charge is 0.338 e. The molecule has 0 spiro atoms. The Bertz CT molecular complexity index is 995. The Labute approximate surface area is 142 Å². The molecule has 0 radical (unpaired) electrons. The van der Waals surface area contributed by atoms with Crippen molar-refractivity contribution < 1.29 is 4.74 Å². The Balaban J connectivity index is 2.03. The largest absolute Gasteiger partial charge is 0.449 e. The normalized spacial score (nSPS) is 10.5. The monoisotopic (exact) mass is 343 g/mol. The van der Waals surface area contributed by atoms with E-state index in [0.717, 1.165) is 11.3 Å². The minimum absolute atomic E-state index is 0.114. The Hall–Kier alpha value is -2.85. The summed E-state index contributed by atoms with van der Waals surface area (Å²) >= 11 is 5.81. The summed E-state index contributed by atoms with van der Waals surface area (Å²) in [6.45, 7) is 4.20. The first-order valence-electron chi connectivity index (χ1n) is 7.18. The highest BCUT2D eigenvalue weighted by molar-refractivity contribution is 6.29. The van der Waals surface area contributed by atoms with Crippen molar-refractivity contribution in [3.63, 3.8) is 0 Å². The second-order valence-electron chi connectivity index (χ2n) is 5.02. The molecule has 3 heterocycles. The molecule has 0 saturated carbocycles. The van der Waals surface area contributed by atoms with Crippen molar-refractivity contribution in [3.05, 3.63) is 51.2 Å². The van der Waals surface area contributed by atoms with Crippen molar-refractivity contribution in [1.82, 2.24) is 24.1 Å². The Morgan fingerprint density at radius 2 is 2.21 bits per heavy atom. The highest BCUT2D eigenvalue weighted by Gasteiger charge is 2.13. The summed E-state index contributed by atoms with van der Waals surface area (Å²) in [5.41, 5.74) is 1.42. The quantitative estimate of drug-likeness (QED) is 0.532. The van der Waals surface area contributed by atoms with Crippen LogP contribution in [0.5, 0.6) is 6.01 Å². The molecule has 122 valence electrons. The second-order valence-corrected chi connectivity index (χ2v) is 5.41. The lowest BCUT2D eigenvalue weighted by molar-refractivity contribution is 0.340. The summed E-state index contributed by atoms with van der Waals surface area (Å²) in [6.07, 6.45) is 1.68. The Morgan fingerprint density at radius 3 is 2.92 bits per heavy atom. The molecule has 8 heteroatoms. The summed E-state index contributed by atoms with van der Waals surface area (Å²) in [5.74, 6) is 5.88. The standard InChI is InChI=1S/C16H14ClN5O2/c1-3-4-7-24-15-19-16-21(10-12-5-6-13(17)18-9-12)11(2)8-14(23)22(16)20-15/h5-6,8-9H,7,10H2,1-2H3. The minimum Gasteiger partial charge on any atom is -0.449 e. The van der Waals surface area contributed by atoms with Gasteiger partial charge in [-0.2, -0.15) is 9.50 Å². The van der Waals surface area contributed by atoms with E-state index in [1.807, 2.05) is 17.6 Å². The van der Waals surface area contributed by atoms with Crippen LogP contribution in [-0.4, -0.2) is 30.8 Å². The average Bonchev–Trinajstić information content (AvgIpc) is 2.98. The number of fused-ring (bicyclic) bond motifs is 1. The van der Waals surface area contributed by atoms with Crippen LogP contribution in [0.1, 0.15) is 18.2 Å². The minimum atomic E-state index is -0.267. The molecule has 0 amide bonds. The van der Waals surface area contributed by atoms with E-state index in [-0.39, 0.29) is 18.2 Å². The molecule has 0 aromatic carbocycles. The maximum Gasteiger partial charge on any atom is 0.338 e. The van der Waals surface area contributed by atoms with Gasteiger partial charge in [-0.1, -0.05) is 23.6 Å². The van der Waals surface area contributed by atoms with Gasteiger partial charge in [0.1, 0.15) is 5.15 Å². The zero-order valence-electron chi connectivity index (χ0n) is 13.2. The number of aryl methyl sites for hydroxylation is 1. The maximum absolute atomic E-state index is 12.1. The summed E-state index contributed by atoms with van der Waals surface area (Å²) in [7, 11) is 0. The molecule has 0 N–H and O–H groups in total. The van der Waals surface area contributed by atoms with Crippen LogP contribution >= 0.6 is 11.6 Å². The number of rotatable bonds is 4. The van der Waals surface area contributed by atoms with Crippen LogP contribution in [-0.2, 0) is 6.54 Å². The van der Waals surface area contributed by atoms with Crippen molar-refractivity contribution in [2.24, 2.45) is 0 Å². The van der Waals surface area contributed by atoms with Gasteiger partial charge in [0.2, 0.25) is 5.78 Å². The third-order valence-electron chi connectivity index (χ3n) is 3.36. The predicted octanol–water partition coefficient (Wildman–Crippen LogP) is 1.70. The molecule has 0 aliphatic carbocycles. The second kappa shape index (κ2) is 6.72. The lowest BCUT2D eigenvalue weighted by atomic mass is 10.3. The van der Waals surface area contributed by atoms with E-state index in [0.29, 0.717) is 17.5 Å². The number of ether oxygens (including phenoxy) is 1. The van der Waals surface area contributed by atoms with Gasteiger partial charge in [0, 0.05) is 18.0 Å². The number of nitrogens with zero attached hydrogens (tertiary/aromatic N) is 5. The Kier molecular flexibility index (Phi) is 4.49. The summed E-state index contributed by atoms with van der Waals surface area (Å²) in [6, 6.07) is 5.20. The van der Waals surface area contributed by atoms with Crippen molar-refractivity contribution >= 4 is 17.4 Å². The van der Waals surface area contributed by atoms with Gasteiger partial charge in [0.05, 0.1) is 6.54 Å².